The first-order chi connectivity index (χ1) is 13.1. The van der Waals surface area contributed by atoms with Crippen molar-refractivity contribution in [2.24, 2.45) is 0 Å². The van der Waals surface area contributed by atoms with Crippen molar-refractivity contribution < 1.29 is 24.1 Å². The lowest BCUT2D eigenvalue weighted by Crippen LogP contribution is -2.56. The Bertz CT molecular complexity index is 643. The summed E-state index contributed by atoms with van der Waals surface area (Å²) in [6.07, 6.45) is 2.90. The second-order valence-electron chi connectivity index (χ2n) is 7.31. The van der Waals surface area contributed by atoms with Crippen LogP contribution in [0.1, 0.15) is 31.2 Å². The monoisotopic (exact) mass is 378 g/mol. The summed E-state index contributed by atoms with van der Waals surface area (Å²) in [6, 6.07) is 5.61. The molecule has 150 valence electrons. The van der Waals surface area contributed by atoms with Gasteiger partial charge in [0.15, 0.2) is 11.5 Å². The average molecular weight is 378 g/mol. The van der Waals surface area contributed by atoms with E-state index in [2.05, 4.69) is 10.2 Å². The van der Waals surface area contributed by atoms with E-state index in [0.717, 1.165) is 50.9 Å². The minimum atomic E-state index is -0.398. The van der Waals surface area contributed by atoms with Crippen molar-refractivity contribution >= 4 is 5.91 Å². The fraction of sp³-hybridized carbons (Fsp3) is 0.650. The minimum absolute atomic E-state index is 0.00848. The van der Waals surface area contributed by atoms with Gasteiger partial charge >= 0.3 is 0 Å². The van der Waals surface area contributed by atoms with Crippen LogP contribution < -0.4 is 14.8 Å². The molecule has 1 aromatic carbocycles. The van der Waals surface area contributed by atoms with Crippen LogP contribution >= 0.6 is 0 Å². The summed E-state index contributed by atoms with van der Waals surface area (Å²) in [5, 5.41) is 13.3. The van der Waals surface area contributed by atoms with E-state index in [-0.39, 0.29) is 12.0 Å². The summed E-state index contributed by atoms with van der Waals surface area (Å²) in [5.74, 6) is 1.31. The lowest BCUT2D eigenvalue weighted by molar-refractivity contribution is -0.177. The van der Waals surface area contributed by atoms with Crippen LogP contribution in [0.4, 0.5) is 0 Å². The van der Waals surface area contributed by atoms with Gasteiger partial charge in [-0.15, -0.1) is 0 Å². The highest BCUT2D eigenvalue weighted by Crippen LogP contribution is 2.35. The van der Waals surface area contributed by atoms with Gasteiger partial charge in [0.05, 0.1) is 32.5 Å². The lowest BCUT2D eigenvalue weighted by atomic mass is 9.82. The zero-order chi connectivity index (χ0) is 19.3. The molecule has 2 aliphatic heterocycles. The van der Waals surface area contributed by atoms with Crippen molar-refractivity contribution in [2.45, 2.75) is 43.9 Å². The fourth-order valence-corrected chi connectivity index (χ4v) is 3.93. The molecule has 0 aliphatic carbocycles. The maximum atomic E-state index is 12.3. The number of rotatable bonds is 6. The molecule has 27 heavy (non-hydrogen) atoms. The predicted molar refractivity (Wildman–Crippen MR) is 101 cm³/mol. The van der Waals surface area contributed by atoms with Crippen LogP contribution in [-0.2, 0) is 16.1 Å². The van der Waals surface area contributed by atoms with E-state index in [9.17, 15) is 9.90 Å². The molecule has 7 nitrogen and oxygen atoms in total. The highest BCUT2D eigenvalue weighted by Gasteiger charge is 2.43. The quantitative estimate of drug-likeness (QED) is 0.777. The van der Waals surface area contributed by atoms with Crippen molar-refractivity contribution in [2.75, 3.05) is 40.5 Å². The molecule has 2 N–H and O–H groups in total. The summed E-state index contributed by atoms with van der Waals surface area (Å²) in [4.78, 5) is 14.4. The van der Waals surface area contributed by atoms with Crippen molar-refractivity contribution in [1.29, 1.82) is 0 Å². The third kappa shape index (κ3) is 4.72. The number of likely N-dealkylation sites (tertiary alicyclic amines) is 1. The number of nitrogens with zero attached hydrogens (tertiary/aromatic N) is 1. The Kier molecular flexibility index (Phi) is 6.57. The second-order valence-corrected chi connectivity index (χ2v) is 7.31. The van der Waals surface area contributed by atoms with Crippen molar-refractivity contribution in [1.82, 2.24) is 10.2 Å². The van der Waals surface area contributed by atoms with Crippen molar-refractivity contribution in [3.05, 3.63) is 23.8 Å². The van der Waals surface area contributed by atoms with E-state index in [1.54, 1.807) is 14.2 Å². The molecule has 2 fully saturated rings. The Labute approximate surface area is 160 Å². The molecule has 3 rings (SSSR count). The zero-order valence-corrected chi connectivity index (χ0v) is 16.2. The number of aliphatic hydroxyl groups excluding tert-OH is 1. The van der Waals surface area contributed by atoms with Gasteiger partial charge in [-0.25, -0.2) is 0 Å². The Morgan fingerprint density at radius 3 is 2.70 bits per heavy atom. The third-order valence-electron chi connectivity index (χ3n) is 5.63. The SMILES string of the molecule is COc1ccc(CNC(=O)CN2CCC3(CC2)OCCCC3O)cc1OC. The Balaban J connectivity index is 1.45. The maximum Gasteiger partial charge on any atom is 0.234 e. The fourth-order valence-electron chi connectivity index (χ4n) is 3.93. The second kappa shape index (κ2) is 8.91. The number of hydrogen-bond acceptors (Lipinski definition) is 6. The number of amides is 1. The van der Waals surface area contributed by atoms with Gasteiger partial charge in [-0.1, -0.05) is 6.07 Å². The molecule has 2 saturated heterocycles. The Morgan fingerprint density at radius 2 is 2.04 bits per heavy atom. The molecular weight excluding hydrogens is 348 g/mol. The molecule has 1 unspecified atom stereocenters. The summed E-state index contributed by atoms with van der Waals surface area (Å²) in [5.41, 5.74) is 0.558. The molecule has 1 amide bonds. The topological polar surface area (TPSA) is 80.3 Å². The van der Waals surface area contributed by atoms with Gasteiger partial charge in [0.25, 0.3) is 0 Å². The summed E-state index contributed by atoms with van der Waals surface area (Å²) >= 11 is 0. The first-order valence-corrected chi connectivity index (χ1v) is 9.58. The summed E-state index contributed by atoms with van der Waals surface area (Å²) in [7, 11) is 3.19. The average Bonchev–Trinajstić information content (AvgIpc) is 2.70. The van der Waals surface area contributed by atoms with E-state index in [0.29, 0.717) is 24.6 Å². The van der Waals surface area contributed by atoms with Gasteiger partial charge in [-0.3, -0.25) is 9.69 Å². The van der Waals surface area contributed by atoms with Gasteiger partial charge in [0, 0.05) is 26.2 Å². The smallest absolute Gasteiger partial charge is 0.234 e. The van der Waals surface area contributed by atoms with E-state index in [1.807, 2.05) is 18.2 Å². The van der Waals surface area contributed by atoms with Crippen molar-refractivity contribution in [3.8, 4) is 11.5 Å². The van der Waals surface area contributed by atoms with Gasteiger partial charge in [-0.05, 0) is 43.4 Å². The number of piperidine rings is 1. The zero-order valence-electron chi connectivity index (χ0n) is 16.2. The third-order valence-corrected chi connectivity index (χ3v) is 5.63. The standard InChI is InChI=1S/C20H30N2O5/c1-25-16-6-5-15(12-17(16)26-2)13-21-19(24)14-22-9-7-20(8-10-22)18(23)4-3-11-27-20/h5-6,12,18,23H,3-4,7-11,13-14H2,1-2H3,(H,21,24). The molecule has 1 atom stereocenters. The molecular formula is C20H30N2O5. The Hall–Kier alpha value is -1.83. The van der Waals surface area contributed by atoms with Gasteiger partial charge < -0.3 is 24.6 Å². The molecule has 0 saturated carbocycles. The summed E-state index contributed by atoms with van der Waals surface area (Å²) < 4.78 is 16.4. The molecule has 7 heteroatoms. The number of methoxy groups -OCH3 is 2. The normalized spacial score (nSPS) is 22.4. The van der Waals surface area contributed by atoms with Crippen LogP contribution in [0.15, 0.2) is 18.2 Å². The molecule has 1 aromatic rings. The molecule has 0 bridgehead atoms. The highest BCUT2D eigenvalue weighted by molar-refractivity contribution is 5.78. The van der Waals surface area contributed by atoms with Crippen LogP contribution in [0.25, 0.3) is 0 Å². The van der Waals surface area contributed by atoms with Crippen molar-refractivity contribution in [3.63, 3.8) is 0 Å². The van der Waals surface area contributed by atoms with E-state index in [1.165, 1.54) is 0 Å². The van der Waals surface area contributed by atoms with Crippen LogP contribution in [0.3, 0.4) is 0 Å². The first kappa shape index (κ1) is 19.9. The molecule has 0 radical (unpaired) electrons. The number of ether oxygens (including phenoxy) is 3. The first-order valence-electron chi connectivity index (χ1n) is 9.58. The van der Waals surface area contributed by atoms with E-state index < -0.39 is 5.60 Å². The summed E-state index contributed by atoms with van der Waals surface area (Å²) in [6.45, 7) is 3.06. The van der Waals surface area contributed by atoms with Gasteiger partial charge in [0.2, 0.25) is 5.91 Å². The molecule has 2 aliphatic rings. The predicted octanol–water partition coefficient (Wildman–Crippen LogP) is 1.33. The number of carbonyl (C=O) groups excluding carboxylic acids is 1. The van der Waals surface area contributed by atoms with Gasteiger partial charge in [-0.2, -0.15) is 0 Å². The Morgan fingerprint density at radius 1 is 1.30 bits per heavy atom. The number of aliphatic hydroxyl groups is 1. The number of carbonyl (C=O) groups is 1. The number of hydrogen-bond donors (Lipinski definition) is 2. The largest absolute Gasteiger partial charge is 0.493 e. The molecule has 0 aromatic heterocycles. The van der Waals surface area contributed by atoms with E-state index in [4.69, 9.17) is 14.2 Å². The van der Waals surface area contributed by atoms with E-state index >= 15 is 0 Å². The maximum absolute atomic E-state index is 12.3. The molecule has 2 heterocycles. The van der Waals surface area contributed by atoms with Gasteiger partial charge in [0.1, 0.15) is 0 Å². The highest BCUT2D eigenvalue weighted by atomic mass is 16.5. The van der Waals surface area contributed by atoms with Crippen LogP contribution in [0.5, 0.6) is 11.5 Å². The number of benzene rings is 1. The van der Waals surface area contributed by atoms with Crippen LogP contribution in [0.2, 0.25) is 0 Å². The van der Waals surface area contributed by atoms with Crippen LogP contribution in [0, 0.1) is 0 Å². The lowest BCUT2D eigenvalue weighted by Gasteiger charge is -2.46. The van der Waals surface area contributed by atoms with Crippen LogP contribution in [-0.4, -0.2) is 68.1 Å². The molecule has 1 spiro atoms. The minimum Gasteiger partial charge on any atom is -0.493 e. The number of nitrogens with one attached hydrogen (secondary N) is 1.